The average molecular weight is 213 g/mol. The van der Waals surface area contributed by atoms with Crippen LogP contribution in [0.3, 0.4) is 0 Å². The van der Waals surface area contributed by atoms with Gasteiger partial charge in [-0.05, 0) is 26.7 Å². The molecule has 0 aromatic heterocycles. The van der Waals surface area contributed by atoms with Crippen LogP contribution in [0.15, 0.2) is 0 Å². The summed E-state index contributed by atoms with van der Waals surface area (Å²) >= 11 is 0. The van der Waals surface area contributed by atoms with Crippen molar-refractivity contribution in [2.24, 2.45) is 0 Å². The highest BCUT2D eigenvalue weighted by molar-refractivity contribution is 4.86. The Balaban J connectivity index is 1.95. The summed E-state index contributed by atoms with van der Waals surface area (Å²) in [6, 6.07) is 0.382. The number of hydrogen-bond acceptors (Lipinski definition) is 3. The quantitative estimate of drug-likeness (QED) is 0.714. The second-order valence-electron chi connectivity index (χ2n) is 5.13. The minimum absolute atomic E-state index is 0.115. The molecule has 0 spiro atoms. The lowest BCUT2D eigenvalue weighted by atomic mass is 9.90. The number of hydrogen-bond donors (Lipinski definition) is 1. The fourth-order valence-electron chi connectivity index (χ4n) is 3.01. The van der Waals surface area contributed by atoms with Crippen LogP contribution in [0.5, 0.6) is 0 Å². The van der Waals surface area contributed by atoms with Crippen molar-refractivity contribution < 1.29 is 9.84 Å². The molecule has 1 saturated heterocycles. The lowest BCUT2D eigenvalue weighted by Crippen LogP contribution is -2.54. The van der Waals surface area contributed by atoms with Crippen LogP contribution in [0.25, 0.3) is 0 Å². The van der Waals surface area contributed by atoms with E-state index in [1.165, 1.54) is 12.8 Å². The Hall–Kier alpha value is -0.120. The molecule has 1 aliphatic carbocycles. The summed E-state index contributed by atoms with van der Waals surface area (Å²) in [6.07, 6.45) is 5.09. The summed E-state index contributed by atoms with van der Waals surface area (Å²) in [5, 5.41) is 10.0. The number of morpholine rings is 1. The molecule has 3 nitrogen and oxygen atoms in total. The van der Waals surface area contributed by atoms with Gasteiger partial charge in [0.2, 0.25) is 0 Å². The maximum atomic E-state index is 10.0. The third-order valence-electron chi connectivity index (χ3n) is 3.61. The first kappa shape index (κ1) is 11.4. The van der Waals surface area contributed by atoms with Gasteiger partial charge in [-0.25, -0.2) is 0 Å². The Labute approximate surface area is 92.4 Å². The van der Waals surface area contributed by atoms with Gasteiger partial charge in [-0.15, -0.1) is 0 Å². The highest BCUT2D eigenvalue weighted by Gasteiger charge is 2.33. The van der Waals surface area contributed by atoms with Crippen LogP contribution in [-0.4, -0.2) is 47.4 Å². The second-order valence-corrected chi connectivity index (χ2v) is 5.13. The van der Waals surface area contributed by atoms with Gasteiger partial charge in [0.1, 0.15) is 0 Å². The third kappa shape index (κ3) is 2.71. The van der Waals surface area contributed by atoms with E-state index in [9.17, 15) is 5.11 Å². The third-order valence-corrected chi connectivity index (χ3v) is 3.61. The van der Waals surface area contributed by atoms with Crippen molar-refractivity contribution in [3.8, 4) is 0 Å². The summed E-state index contributed by atoms with van der Waals surface area (Å²) in [4.78, 5) is 2.43. The van der Waals surface area contributed by atoms with Crippen molar-refractivity contribution in [3.63, 3.8) is 0 Å². The summed E-state index contributed by atoms with van der Waals surface area (Å²) < 4.78 is 5.72. The second kappa shape index (κ2) is 4.81. The highest BCUT2D eigenvalue weighted by Crippen LogP contribution is 2.25. The molecule has 3 heteroatoms. The molecule has 0 unspecified atom stereocenters. The monoisotopic (exact) mass is 213 g/mol. The first-order valence-electron chi connectivity index (χ1n) is 6.24. The molecule has 0 bridgehead atoms. The molecule has 2 aliphatic rings. The van der Waals surface area contributed by atoms with Gasteiger partial charge < -0.3 is 9.84 Å². The molecule has 2 rings (SSSR count). The molecule has 2 fully saturated rings. The largest absolute Gasteiger partial charge is 0.391 e. The van der Waals surface area contributed by atoms with Gasteiger partial charge in [0.05, 0.1) is 18.3 Å². The Morgan fingerprint density at radius 3 is 2.27 bits per heavy atom. The Bertz CT molecular complexity index is 200. The number of aliphatic hydroxyl groups is 1. The minimum atomic E-state index is -0.115. The Morgan fingerprint density at radius 2 is 1.67 bits per heavy atom. The van der Waals surface area contributed by atoms with Crippen molar-refractivity contribution in [1.29, 1.82) is 0 Å². The van der Waals surface area contributed by atoms with Crippen molar-refractivity contribution >= 4 is 0 Å². The predicted octanol–water partition coefficient (Wildman–Crippen LogP) is 1.40. The summed E-state index contributed by atoms with van der Waals surface area (Å²) in [5.41, 5.74) is 0. The van der Waals surface area contributed by atoms with E-state index in [0.29, 0.717) is 18.2 Å². The summed E-state index contributed by atoms with van der Waals surface area (Å²) in [6.45, 7) is 6.20. The standard InChI is InChI=1S/C12H23NO2/c1-9-7-13(8-10(2)15-9)11-5-3-4-6-12(11)14/h9-12,14H,3-8H2,1-2H3/t9-,10+,11-,12-/m1/s1. The van der Waals surface area contributed by atoms with Gasteiger partial charge in [-0.2, -0.15) is 0 Å². The SMILES string of the molecule is C[C@@H]1CN([C@@H]2CCCC[C@H]2O)C[C@H](C)O1. The van der Waals surface area contributed by atoms with Crippen LogP contribution in [0.4, 0.5) is 0 Å². The number of aliphatic hydroxyl groups excluding tert-OH is 1. The molecule has 1 aliphatic heterocycles. The fraction of sp³-hybridized carbons (Fsp3) is 1.00. The van der Waals surface area contributed by atoms with Gasteiger partial charge in [-0.1, -0.05) is 12.8 Å². The number of rotatable bonds is 1. The molecule has 0 amide bonds. The molecule has 4 atom stereocenters. The van der Waals surface area contributed by atoms with Crippen LogP contribution in [-0.2, 0) is 4.74 Å². The average Bonchev–Trinajstić information content (AvgIpc) is 2.16. The van der Waals surface area contributed by atoms with E-state index in [0.717, 1.165) is 25.9 Å². The van der Waals surface area contributed by atoms with E-state index in [1.807, 2.05) is 0 Å². The summed E-state index contributed by atoms with van der Waals surface area (Å²) in [7, 11) is 0. The van der Waals surface area contributed by atoms with Gasteiger partial charge in [0.25, 0.3) is 0 Å². The maximum absolute atomic E-state index is 10.0. The zero-order chi connectivity index (χ0) is 10.8. The molecule has 15 heavy (non-hydrogen) atoms. The van der Waals surface area contributed by atoms with Gasteiger partial charge in [0, 0.05) is 19.1 Å². The van der Waals surface area contributed by atoms with Crippen molar-refractivity contribution in [3.05, 3.63) is 0 Å². The minimum Gasteiger partial charge on any atom is -0.391 e. The number of ether oxygens (including phenoxy) is 1. The van der Waals surface area contributed by atoms with Gasteiger partial charge in [-0.3, -0.25) is 4.90 Å². The Kier molecular flexibility index (Phi) is 3.65. The van der Waals surface area contributed by atoms with E-state index in [-0.39, 0.29) is 6.10 Å². The first-order chi connectivity index (χ1) is 7.16. The molecule has 0 aromatic carbocycles. The molecular formula is C12H23NO2. The predicted molar refractivity (Wildman–Crippen MR) is 59.8 cm³/mol. The molecular weight excluding hydrogens is 190 g/mol. The first-order valence-corrected chi connectivity index (χ1v) is 6.24. The van der Waals surface area contributed by atoms with E-state index in [2.05, 4.69) is 18.7 Å². The molecule has 0 radical (unpaired) electrons. The van der Waals surface area contributed by atoms with E-state index in [4.69, 9.17) is 4.74 Å². The van der Waals surface area contributed by atoms with Gasteiger partial charge in [0.15, 0.2) is 0 Å². The molecule has 1 saturated carbocycles. The van der Waals surface area contributed by atoms with Crippen LogP contribution < -0.4 is 0 Å². The number of nitrogens with zero attached hydrogens (tertiary/aromatic N) is 1. The Morgan fingerprint density at radius 1 is 1.07 bits per heavy atom. The highest BCUT2D eigenvalue weighted by atomic mass is 16.5. The van der Waals surface area contributed by atoms with Crippen LogP contribution in [0, 0.1) is 0 Å². The van der Waals surface area contributed by atoms with Crippen LogP contribution >= 0.6 is 0 Å². The zero-order valence-corrected chi connectivity index (χ0v) is 9.85. The van der Waals surface area contributed by atoms with E-state index < -0.39 is 0 Å². The normalized spacial score (nSPS) is 44.2. The van der Waals surface area contributed by atoms with Gasteiger partial charge >= 0.3 is 0 Å². The molecule has 88 valence electrons. The molecule has 0 aromatic rings. The fourth-order valence-corrected chi connectivity index (χ4v) is 3.01. The van der Waals surface area contributed by atoms with E-state index >= 15 is 0 Å². The molecule has 1 N–H and O–H groups in total. The van der Waals surface area contributed by atoms with Crippen molar-refractivity contribution in [2.45, 2.75) is 63.9 Å². The van der Waals surface area contributed by atoms with Crippen LogP contribution in [0.1, 0.15) is 39.5 Å². The van der Waals surface area contributed by atoms with E-state index in [1.54, 1.807) is 0 Å². The topological polar surface area (TPSA) is 32.7 Å². The maximum Gasteiger partial charge on any atom is 0.0695 e. The molecule has 1 heterocycles. The zero-order valence-electron chi connectivity index (χ0n) is 9.85. The lowest BCUT2D eigenvalue weighted by molar-refractivity contribution is -0.102. The van der Waals surface area contributed by atoms with Crippen molar-refractivity contribution in [2.75, 3.05) is 13.1 Å². The lowest BCUT2D eigenvalue weighted by Gasteiger charge is -2.43. The van der Waals surface area contributed by atoms with Crippen LogP contribution in [0.2, 0.25) is 0 Å². The van der Waals surface area contributed by atoms with Crippen molar-refractivity contribution in [1.82, 2.24) is 4.90 Å². The smallest absolute Gasteiger partial charge is 0.0695 e. The summed E-state index contributed by atoms with van der Waals surface area (Å²) in [5.74, 6) is 0.